The molecule has 0 aliphatic carbocycles. The van der Waals surface area contributed by atoms with Crippen LogP contribution in [0.4, 0.5) is 0 Å². The third-order valence-electron chi connectivity index (χ3n) is 3.26. The summed E-state index contributed by atoms with van der Waals surface area (Å²) >= 11 is 0. The first-order chi connectivity index (χ1) is 10.1. The van der Waals surface area contributed by atoms with Gasteiger partial charge in [-0.2, -0.15) is 0 Å². The highest BCUT2D eigenvalue weighted by molar-refractivity contribution is 5.45. The molecule has 0 heterocycles. The van der Waals surface area contributed by atoms with Crippen LogP contribution in [-0.4, -0.2) is 23.9 Å². The predicted octanol–water partition coefficient (Wildman–Crippen LogP) is 3.23. The number of aromatic hydroxyl groups is 2. The van der Waals surface area contributed by atoms with Crippen molar-refractivity contribution in [2.45, 2.75) is 20.0 Å². The van der Waals surface area contributed by atoms with Crippen molar-refractivity contribution in [1.82, 2.24) is 0 Å². The Morgan fingerprint density at radius 2 is 1.67 bits per heavy atom. The molecule has 0 saturated carbocycles. The molecule has 2 aromatic carbocycles. The van der Waals surface area contributed by atoms with Crippen LogP contribution in [0.2, 0.25) is 0 Å². The van der Waals surface area contributed by atoms with Gasteiger partial charge in [-0.15, -0.1) is 0 Å². The van der Waals surface area contributed by atoms with E-state index in [4.69, 9.17) is 9.47 Å². The van der Waals surface area contributed by atoms with Gasteiger partial charge >= 0.3 is 0 Å². The maximum atomic E-state index is 9.98. The second-order valence-corrected chi connectivity index (χ2v) is 4.78. The smallest absolute Gasteiger partial charge is 0.160 e. The number of phenols is 2. The first-order valence-corrected chi connectivity index (χ1v) is 6.88. The molecular weight excluding hydrogens is 268 g/mol. The van der Waals surface area contributed by atoms with Crippen LogP contribution in [0.15, 0.2) is 36.4 Å². The minimum Gasteiger partial charge on any atom is -0.508 e. The average molecular weight is 288 g/mol. The molecule has 2 aromatic rings. The Labute approximate surface area is 124 Å². The molecule has 0 spiro atoms. The van der Waals surface area contributed by atoms with E-state index in [2.05, 4.69) is 0 Å². The van der Waals surface area contributed by atoms with Crippen LogP contribution in [-0.2, 0) is 17.8 Å². The second kappa shape index (κ2) is 6.99. The Balaban J connectivity index is 2.22. The zero-order chi connectivity index (χ0) is 15.2. The number of benzene rings is 2. The zero-order valence-electron chi connectivity index (χ0n) is 12.3. The summed E-state index contributed by atoms with van der Waals surface area (Å²) in [6.07, 6.45) is 0.558. The minimum absolute atomic E-state index is 0.107. The van der Waals surface area contributed by atoms with Gasteiger partial charge in [-0.1, -0.05) is 12.1 Å². The van der Waals surface area contributed by atoms with Gasteiger partial charge in [-0.3, -0.25) is 0 Å². The van der Waals surface area contributed by atoms with Crippen molar-refractivity contribution in [3.05, 3.63) is 53.1 Å². The highest BCUT2D eigenvalue weighted by Crippen LogP contribution is 2.29. The molecular formula is C17H20O4. The Hall–Kier alpha value is -2.20. The van der Waals surface area contributed by atoms with Crippen molar-refractivity contribution < 1.29 is 19.7 Å². The lowest BCUT2D eigenvalue weighted by atomic mass is 10.0. The van der Waals surface area contributed by atoms with Crippen LogP contribution in [0.5, 0.6) is 17.2 Å². The van der Waals surface area contributed by atoms with Crippen molar-refractivity contribution >= 4 is 0 Å². The third kappa shape index (κ3) is 3.89. The van der Waals surface area contributed by atoms with E-state index in [-0.39, 0.29) is 11.5 Å². The Morgan fingerprint density at radius 1 is 0.952 bits per heavy atom. The molecule has 0 atom stereocenters. The number of hydrogen-bond donors (Lipinski definition) is 2. The molecule has 2 rings (SSSR count). The fourth-order valence-corrected chi connectivity index (χ4v) is 2.14. The third-order valence-corrected chi connectivity index (χ3v) is 3.26. The monoisotopic (exact) mass is 288 g/mol. The van der Waals surface area contributed by atoms with E-state index in [1.165, 1.54) is 7.11 Å². The average Bonchev–Trinajstić information content (AvgIpc) is 2.50. The van der Waals surface area contributed by atoms with Crippen molar-refractivity contribution in [3.8, 4) is 17.2 Å². The van der Waals surface area contributed by atoms with Gasteiger partial charge in [0.05, 0.1) is 13.7 Å². The number of ether oxygens (including phenoxy) is 2. The number of hydrogen-bond acceptors (Lipinski definition) is 4. The molecule has 0 amide bonds. The maximum Gasteiger partial charge on any atom is 0.160 e. The minimum atomic E-state index is 0.107. The van der Waals surface area contributed by atoms with Crippen LogP contribution in [0.1, 0.15) is 23.6 Å². The summed E-state index contributed by atoms with van der Waals surface area (Å²) < 4.78 is 10.5. The first-order valence-electron chi connectivity index (χ1n) is 6.88. The Morgan fingerprint density at radius 3 is 2.38 bits per heavy atom. The van der Waals surface area contributed by atoms with Crippen molar-refractivity contribution in [3.63, 3.8) is 0 Å². The lowest BCUT2D eigenvalue weighted by Crippen LogP contribution is -1.95. The fraction of sp³-hybridized carbons (Fsp3) is 0.294. The van der Waals surface area contributed by atoms with Crippen LogP contribution in [0, 0.1) is 0 Å². The molecule has 4 heteroatoms. The highest BCUT2D eigenvalue weighted by atomic mass is 16.5. The Bertz CT molecular complexity index is 608. The Kier molecular flexibility index (Phi) is 5.06. The second-order valence-electron chi connectivity index (χ2n) is 4.78. The van der Waals surface area contributed by atoms with E-state index in [1.807, 2.05) is 25.1 Å². The van der Waals surface area contributed by atoms with E-state index >= 15 is 0 Å². The molecule has 0 bridgehead atoms. The molecule has 112 valence electrons. The largest absolute Gasteiger partial charge is 0.508 e. The molecule has 21 heavy (non-hydrogen) atoms. The summed E-state index contributed by atoms with van der Waals surface area (Å²) in [5.41, 5.74) is 2.80. The summed E-state index contributed by atoms with van der Waals surface area (Å²) in [4.78, 5) is 0. The van der Waals surface area contributed by atoms with Gasteiger partial charge in [0.15, 0.2) is 11.5 Å². The fourth-order valence-electron chi connectivity index (χ4n) is 2.14. The maximum absolute atomic E-state index is 9.98. The lowest BCUT2D eigenvalue weighted by Gasteiger charge is -2.10. The van der Waals surface area contributed by atoms with Gasteiger partial charge in [0, 0.05) is 13.0 Å². The van der Waals surface area contributed by atoms with E-state index in [1.54, 1.807) is 18.2 Å². The van der Waals surface area contributed by atoms with Crippen LogP contribution >= 0.6 is 0 Å². The molecule has 0 radical (unpaired) electrons. The van der Waals surface area contributed by atoms with E-state index in [0.717, 1.165) is 16.7 Å². The molecule has 0 aliphatic heterocycles. The topological polar surface area (TPSA) is 58.9 Å². The molecule has 0 aromatic heterocycles. The molecule has 2 N–H and O–H groups in total. The normalized spacial score (nSPS) is 10.6. The van der Waals surface area contributed by atoms with Gasteiger partial charge < -0.3 is 19.7 Å². The standard InChI is InChI=1S/C17H20O4/c1-3-21-11-13-5-6-15(18)14(9-13)8-12-4-7-16(19)17(10-12)20-2/h4-7,9-10,18-19H,3,8,11H2,1-2H3. The number of rotatable bonds is 6. The lowest BCUT2D eigenvalue weighted by molar-refractivity contribution is 0.134. The summed E-state index contributed by atoms with van der Waals surface area (Å²) in [5, 5.41) is 19.6. The predicted molar refractivity (Wildman–Crippen MR) is 80.9 cm³/mol. The highest BCUT2D eigenvalue weighted by Gasteiger charge is 2.07. The van der Waals surface area contributed by atoms with Gasteiger partial charge in [0.2, 0.25) is 0 Å². The molecule has 0 saturated heterocycles. The molecule has 4 nitrogen and oxygen atoms in total. The quantitative estimate of drug-likeness (QED) is 0.856. The summed E-state index contributed by atoms with van der Waals surface area (Å²) in [6, 6.07) is 10.6. The van der Waals surface area contributed by atoms with Crippen molar-refractivity contribution in [2.75, 3.05) is 13.7 Å². The van der Waals surface area contributed by atoms with E-state index in [9.17, 15) is 10.2 Å². The van der Waals surface area contributed by atoms with Gasteiger partial charge in [-0.05, 0) is 47.9 Å². The molecule has 0 fully saturated rings. The molecule has 0 unspecified atom stereocenters. The zero-order valence-corrected chi connectivity index (χ0v) is 12.3. The van der Waals surface area contributed by atoms with E-state index in [0.29, 0.717) is 25.4 Å². The number of methoxy groups -OCH3 is 1. The summed E-state index contributed by atoms with van der Waals surface area (Å²) in [6.45, 7) is 3.14. The van der Waals surface area contributed by atoms with Crippen molar-refractivity contribution in [2.24, 2.45) is 0 Å². The number of phenolic OH excluding ortho intramolecular Hbond substituents is 2. The van der Waals surface area contributed by atoms with Gasteiger partial charge in [-0.25, -0.2) is 0 Å². The van der Waals surface area contributed by atoms with Crippen LogP contribution < -0.4 is 4.74 Å². The first kappa shape index (κ1) is 15.2. The summed E-state index contributed by atoms with van der Waals surface area (Å²) in [5.74, 6) is 0.787. The van der Waals surface area contributed by atoms with Crippen LogP contribution in [0.3, 0.4) is 0 Å². The van der Waals surface area contributed by atoms with E-state index < -0.39 is 0 Å². The summed E-state index contributed by atoms with van der Waals surface area (Å²) in [7, 11) is 1.51. The van der Waals surface area contributed by atoms with Crippen molar-refractivity contribution in [1.29, 1.82) is 0 Å². The van der Waals surface area contributed by atoms with Gasteiger partial charge in [0.1, 0.15) is 5.75 Å². The van der Waals surface area contributed by atoms with Crippen LogP contribution in [0.25, 0.3) is 0 Å². The van der Waals surface area contributed by atoms with Gasteiger partial charge in [0.25, 0.3) is 0 Å². The SMILES string of the molecule is CCOCc1ccc(O)c(Cc2ccc(O)c(OC)c2)c1. The molecule has 0 aliphatic rings.